The number of nitrogens with one attached hydrogen (secondary N) is 1. The summed E-state index contributed by atoms with van der Waals surface area (Å²) in [5, 5.41) is 7.27. The normalized spacial score (nSPS) is 11.0. The molecule has 4 aromatic rings. The van der Waals surface area contributed by atoms with Gasteiger partial charge in [0.1, 0.15) is 0 Å². The van der Waals surface area contributed by atoms with Gasteiger partial charge in [0.2, 0.25) is 5.88 Å². The molecule has 0 aliphatic heterocycles. The van der Waals surface area contributed by atoms with Crippen LogP contribution in [0.25, 0.3) is 33.8 Å². The summed E-state index contributed by atoms with van der Waals surface area (Å²) < 4.78 is 5.72. The van der Waals surface area contributed by atoms with Gasteiger partial charge in [0.15, 0.2) is 0 Å². The van der Waals surface area contributed by atoms with Crippen LogP contribution in [0.1, 0.15) is 6.42 Å². The number of nitrogens with zero attached hydrogens (tertiary/aromatic N) is 5. The van der Waals surface area contributed by atoms with E-state index in [-0.39, 0.29) is 0 Å². The first-order valence-corrected chi connectivity index (χ1v) is 9.86. The summed E-state index contributed by atoms with van der Waals surface area (Å²) in [6.07, 6.45) is 8.14. The monoisotopic (exact) mass is 400 g/mol. The number of rotatable bonds is 8. The van der Waals surface area contributed by atoms with E-state index >= 15 is 0 Å². The maximum absolute atomic E-state index is 5.72. The fourth-order valence-electron chi connectivity index (χ4n) is 3.14. The molecular formula is C23H24N6O. The molecule has 7 heteroatoms. The number of aromatic nitrogens is 5. The van der Waals surface area contributed by atoms with Crippen molar-refractivity contribution in [1.82, 2.24) is 30.0 Å². The van der Waals surface area contributed by atoms with Gasteiger partial charge >= 0.3 is 0 Å². The van der Waals surface area contributed by atoms with E-state index in [4.69, 9.17) is 4.74 Å². The number of H-pyrrole nitrogens is 1. The topological polar surface area (TPSA) is 79.8 Å². The smallest absolute Gasteiger partial charge is 0.213 e. The van der Waals surface area contributed by atoms with E-state index < -0.39 is 0 Å². The quantitative estimate of drug-likeness (QED) is 0.452. The van der Waals surface area contributed by atoms with Crippen LogP contribution in [0.2, 0.25) is 0 Å². The van der Waals surface area contributed by atoms with E-state index in [9.17, 15) is 0 Å². The number of hydrogen-bond acceptors (Lipinski definition) is 6. The van der Waals surface area contributed by atoms with Crippen LogP contribution >= 0.6 is 0 Å². The lowest BCUT2D eigenvalue weighted by Crippen LogP contribution is -2.15. The van der Waals surface area contributed by atoms with Crippen LogP contribution in [0.15, 0.2) is 67.3 Å². The minimum Gasteiger partial charge on any atom is -0.478 e. The van der Waals surface area contributed by atoms with E-state index in [1.165, 1.54) is 0 Å². The molecule has 0 aliphatic carbocycles. The van der Waals surface area contributed by atoms with E-state index in [1.807, 2.05) is 48.7 Å². The predicted molar refractivity (Wildman–Crippen MR) is 117 cm³/mol. The number of aromatic amines is 1. The average molecular weight is 400 g/mol. The third-order valence-corrected chi connectivity index (χ3v) is 4.66. The number of hydrogen-bond donors (Lipinski definition) is 1. The molecule has 4 aromatic heterocycles. The molecule has 0 amide bonds. The molecule has 4 rings (SSSR count). The lowest BCUT2D eigenvalue weighted by Gasteiger charge is -2.10. The Morgan fingerprint density at radius 2 is 1.80 bits per heavy atom. The van der Waals surface area contributed by atoms with Crippen LogP contribution in [-0.2, 0) is 0 Å². The molecule has 0 bridgehead atoms. The van der Waals surface area contributed by atoms with Gasteiger partial charge in [-0.05, 0) is 56.4 Å². The van der Waals surface area contributed by atoms with Crippen molar-refractivity contribution < 1.29 is 4.74 Å². The predicted octanol–water partition coefficient (Wildman–Crippen LogP) is 3.93. The maximum Gasteiger partial charge on any atom is 0.213 e. The summed E-state index contributed by atoms with van der Waals surface area (Å²) in [5.41, 5.74) is 5.49. The maximum atomic E-state index is 5.72. The second kappa shape index (κ2) is 9.28. The Bertz CT molecular complexity index is 1080. The SMILES string of the molecule is CN(C)CCCOc1ccc(-c2cc(-c3cn[nH]c3-c3ccccn3)ccn2)cn1. The van der Waals surface area contributed by atoms with E-state index in [0.29, 0.717) is 12.5 Å². The van der Waals surface area contributed by atoms with Gasteiger partial charge in [-0.2, -0.15) is 5.10 Å². The molecule has 30 heavy (non-hydrogen) atoms. The summed E-state index contributed by atoms with van der Waals surface area (Å²) in [5.74, 6) is 0.626. The minimum absolute atomic E-state index is 0.626. The first kappa shape index (κ1) is 19.7. The van der Waals surface area contributed by atoms with E-state index in [2.05, 4.69) is 44.1 Å². The summed E-state index contributed by atoms with van der Waals surface area (Å²) in [7, 11) is 4.11. The summed E-state index contributed by atoms with van der Waals surface area (Å²) in [6.45, 7) is 1.64. The standard InChI is InChI=1S/C23H24N6O/c1-29(2)12-5-13-30-22-8-7-18(15-26-22)21-14-17(9-11-25-21)19-16-27-28-23(19)20-6-3-4-10-24-20/h3-4,6-11,14-16H,5,12-13H2,1-2H3,(H,27,28). The molecule has 0 fully saturated rings. The van der Waals surface area contributed by atoms with Gasteiger partial charge in [0, 0.05) is 42.3 Å². The number of ether oxygens (including phenoxy) is 1. The molecule has 0 saturated carbocycles. The highest BCUT2D eigenvalue weighted by molar-refractivity contribution is 5.80. The van der Waals surface area contributed by atoms with Crippen molar-refractivity contribution in [2.45, 2.75) is 6.42 Å². The molecule has 0 saturated heterocycles. The van der Waals surface area contributed by atoms with Gasteiger partial charge < -0.3 is 9.64 Å². The van der Waals surface area contributed by atoms with Gasteiger partial charge in [-0.25, -0.2) is 4.98 Å². The Hall–Kier alpha value is -3.58. The van der Waals surface area contributed by atoms with Gasteiger partial charge in [0.25, 0.3) is 0 Å². The van der Waals surface area contributed by atoms with Crippen molar-refractivity contribution in [2.24, 2.45) is 0 Å². The third kappa shape index (κ3) is 4.69. The molecule has 1 N–H and O–H groups in total. The van der Waals surface area contributed by atoms with Crippen molar-refractivity contribution in [3.8, 4) is 39.7 Å². The number of pyridine rings is 3. The van der Waals surface area contributed by atoms with Crippen molar-refractivity contribution >= 4 is 0 Å². The molecule has 0 unspecified atom stereocenters. The fraction of sp³-hybridized carbons (Fsp3) is 0.217. The Balaban J connectivity index is 1.52. The zero-order valence-corrected chi connectivity index (χ0v) is 17.1. The molecule has 0 aliphatic rings. The highest BCUT2D eigenvalue weighted by Crippen LogP contribution is 2.30. The highest BCUT2D eigenvalue weighted by atomic mass is 16.5. The van der Waals surface area contributed by atoms with Gasteiger partial charge in [-0.1, -0.05) is 6.07 Å². The molecule has 4 heterocycles. The van der Waals surface area contributed by atoms with E-state index in [0.717, 1.165) is 46.7 Å². The first-order chi connectivity index (χ1) is 14.7. The lowest BCUT2D eigenvalue weighted by molar-refractivity contribution is 0.273. The van der Waals surface area contributed by atoms with Crippen LogP contribution in [0.3, 0.4) is 0 Å². The van der Waals surface area contributed by atoms with E-state index in [1.54, 1.807) is 18.6 Å². The third-order valence-electron chi connectivity index (χ3n) is 4.66. The summed E-state index contributed by atoms with van der Waals surface area (Å²) >= 11 is 0. The zero-order valence-electron chi connectivity index (χ0n) is 17.1. The molecule has 7 nitrogen and oxygen atoms in total. The Morgan fingerprint density at radius 3 is 2.57 bits per heavy atom. The second-order valence-corrected chi connectivity index (χ2v) is 7.19. The fourth-order valence-corrected chi connectivity index (χ4v) is 3.14. The summed E-state index contributed by atoms with van der Waals surface area (Å²) in [4.78, 5) is 15.5. The van der Waals surface area contributed by atoms with Crippen LogP contribution < -0.4 is 4.74 Å². The first-order valence-electron chi connectivity index (χ1n) is 9.86. The summed E-state index contributed by atoms with van der Waals surface area (Å²) in [6, 6.07) is 13.7. The zero-order chi connectivity index (χ0) is 20.8. The van der Waals surface area contributed by atoms with Gasteiger partial charge in [-0.3, -0.25) is 15.1 Å². The molecule has 0 aromatic carbocycles. The second-order valence-electron chi connectivity index (χ2n) is 7.19. The van der Waals surface area contributed by atoms with Crippen molar-refractivity contribution in [2.75, 3.05) is 27.2 Å². The Kier molecular flexibility index (Phi) is 6.10. The van der Waals surface area contributed by atoms with Crippen molar-refractivity contribution in [3.05, 3.63) is 67.3 Å². The molecule has 0 radical (unpaired) electrons. The Morgan fingerprint density at radius 1 is 0.900 bits per heavy atom. The minimum atomic E-state index is 0.626. The van der Waals surface area contributed by atoms with Crippen molar-refractivity contribution in [1.29, 1.82) is 0 Å². The van der Waals surface area contributed by atoms with Crippen LogP contribution in [0.5, 0.6) is 5.88 Å². The van der Waals surface area contributed by atoms with Gasteiger partial charge in [-0.15, -0.1) is 0 Å². The molecule has 0 atom stereocenters. The average Bonchev–Trinajstić information content (AvgIpc) is 3.28. The van der Waals surface area contributed by atoms with Gasteiger partial charge in [0.05, 0.1) is 29.9 Å². The highest BCUT2D eigenvalue weighted by Gasteiger charge is 2.12. The Labute approximate surface area is 175 Å². The molecule has 152 valence electrons. The van der Waals surface area contributed by atoms with Crippen LogP contribution in [-0.4, -0.2) is 57.3 Å². The van der Waals surface area contributed by atoms with Crippen LogP contribution in [0, 0.1) is 0 Å². The van der Waals surface area contributed by atoms with Crippen molar-refractivity contribution in [3.63, 3.8) is 0 Å². The molecular weight excluding hydrogens is 376 g/mol. The lowest BCUT2D eigenvalue weighted by atomic mass is 10.0. The largest absolute Gasteiger partial charge is 0.478 e. The van der Waals surface area contributed by atoms with Crippen LogP contribution in [0.4, 0.5) is 0 Å². The molecule has 0 spiro atoms.